The minimum absolute atomic E-state index is 0.0246. The number of carboxylic acids is 1. The number of aryl methyl sites for hydroxylation is 2. The van der Waals surface area contributed by atoms with Gasteiger partial charge in [0.15, 0.2) is 0 Å². The smallest absolute Gasteiger partial charge is 0.315 e. The van der Waals surface area contributed by atoms with E-state index in [9.17, 15) is 14.7 Å². The van der Waals surface area contributed by atoms with E-state index in [4.69, 9.17) is 9.52 Å². The molecule has 2 rings (SSSR count). The first-order chi connectivity index (χ1) is 11.2. The Bertz CT molecular complexity index is 600. The van der Waals surface area contributed by atoms with E-state index < -0.39 is 11.6 Å². The van der Waals surface area contributed by atoms with E-state index >= 15 is 0 Å². The Hall–Kier alpha value is -2.02. The van der Waals surface area contributed by atoms with Gasteiger partial charge in [-0.1, -0.05) is 0 Å². The fourth-order valence-electron chi connectivity index (χ4n) is 3.23. The molecule has 0 spiro atoms. The van der Waals surface area contributed by atoms with E-state index in [0.717, 1.165) is 0 Å². The fraction of sp³-hybridized carbons (Fsp3) is 0.647. The molecule has 1 aliphatic rings. The minimum Gasteiger partial charge on any atom is -0.481 e. The van der Waals surface area contributed by atoms with Gasteiger partial charge in [0, 0.05) is 11.6 Å². The molecule has 1 saturated carbocycles. The zero-order valence-corrected chi connectivity index (χ0v) is 14.4. The van der Waals surface area contributed by atoms with Crippen LogP contribution in [0.4, 0.5) is 4.79 Å². The first kappa shape index (κ1) is 18.3. The van der Waals surface area contributed by atoms with E-state index in [1.54, 1.807) is 26.8 Å². The summed E-state index contributed by atoms with van der Waals surface area (Å²) in [5, 5.41) is 25.1. The van der Waals surface area contributed by atoms with E-state index in [2.05, 4.69) is 10.6 Å². The van der Waals surface area contributed by atoms with Crippen molar-refractivity contribution in [2.75, 3.05) is 6.54 Å². The molecule has 2 amide bonds. The summed E-state index contributed by atoms with van der Waals surface area (Å²) in [6.45, 7) is 5.27. The summed E-state index contributed by atoms with van der Waals surface area (Å²) in [5.74, 6) is 0.271. The summed E-state index contributed by atoms with van der Waals surface area (Å²) in [5.41, 5.74) is -0.567. The van der Waals surface area contributed by atoms with Crippen molar-refractivity contribution in [2.24, 2.45) is 5.92 Å². The third kappa shape index (κ3) is 4.50. The van der Waals surface area contributed by atoms with Crippen LogP contribution in [0.3, 0.4) is 0 Å². The first-order valence-corrected chi connectivity index (χ1v) is 8.26. The Balaban J connectivity index is 1.81. The second-order valence-electron chi connectivity index (χ2n) is 6.81. The summed E-state index contributed by atoms with van der Waals surface area (Å²) in [6, 6.07) is 1.39. The number of carbonyl (C=O) groups is 2. The lowest BCUT2D eigenvalue weighted by Gasteiger charge is -2.28. The number of urea groups is 1. The highest BCUT2D eigenvalue weighted by molar-refractivity contribution is 5.74. The molecule has 0 bridgehead atoms. The topological polar surface area (TPSA) is 112 Å². The average Bonchev–Trinajstić information content (AvgIpc) is 2.85. The van der Waals surface area contributed by atoms with Gasteiger partial charge in [-0.15, -0.1) is 0 Å². The van der Waals surface area contributed by atoms with Crippen molar-refractivity contribution in [3.63, 3.8) is 0 Å². The number of carbonyl (C=O) groups excluding carboxylic acids is 1. The maximum atomic E-state index is 12.0. The second-order valence-corrected chi connectivity index (χ2v) is 6.81. The molecule has 4 N–H and O–H groups in total. The second kappa shape index (κ2) is 7.25. The molecule has 1 aromatic heterocycles. The molecule has 1 aromatic rings. The van der Waals surface area contributed by atoms with Gasteiger partial charge < -0.3 is 25.3 Å². The third-order valence-electron chi connectivity index (χ3n) is 4.63. The summed E-state index contributed by atoms with van der Waals surface area (Å²) in [4.78, 5) is 22.9. The molecular formula is C17H26N2O5. The van der Waals surface area contributed by atoms with Crippen LogP contribution in [0.2, 0.25) is 0 Å². The van der Waals surface area contributed by atoms with Gasteiger partial charge in [0.25, 0.3) is 0 Å². The predicted molar refractivity (Wildman–Crippen MR) is 87.7 cm³/mol. The highest BCUT2D eigenvalue weighted by atomic mass is 16.4. The average molecular weight is 338 g/mol. The number of aliphatic carboxylic acids is 1. The van der Waals surface area contributed by atoms with Gasteiger partial charge in [-0.2, -0.15) is 0 Å². The van der Waals surface area contributed by atoms with E-state index in [1.807, 2.05) is 0 Å². The van der Waals surface area contributed by atoms with Gasteiger partial charge in [0.1, 0.15) is 17.1 Å². The molecule has 1 fully saturated rings. The quantitative estimate of drug-likeness (QED) is 0.656. The molecule has 0 saturated heterocycles. The lowest BCUT2D eigenvalue weighted by Crippen LogP contribution is -2.47. The van der Waals surface area contributed by atoms with Crippen molar-refractivity contribution in [3.8, 4) is 0 Å². The zero-order valence-electron chi connectivity index (χ0n) is 14.4. The van der Waals surface area contributed by atoms with E-state index in [1.165, 1.54) is 0 Å². The lowest BCUT2D eigenvalue weighted by atomic mass is 9.86. The van der Waals surface area contributed by atoms with Crippen LogP contribution in [0.25, 0.3) is 0 Å². The maximum absolute atomic E-state index is 12.0. The summed E-state index contributed by atoms with van der Waals surface area (Å²) in [6.07, 6.45) is 2.46. The SMILES string of the molecule is Cc1cc(C(C)(O)CNC(=O)NC2CCC(C(=O)O)CC2)c(C)o1. The molecule has 1 aliphatic carbocycles. The lowest BCUT2D eigenvalue weighted by molar-refractivity contribution is -0.142. The molecule has 0 aliphatic heterocycles. The molecule has 1 atom stereocenters. The summed E-state index contributed by atoms with van der Waals surface area (Å²) >= 11 is 0. The van der Waals surface area contributed by atoms with Crippen molar-refractivity contribution >= 4 is 12.0 Å². The van der Waals surface area contributed by atoms with Gasteiger partial charge in [-0.05, 0) is 52.5 Å². The molecular weight excluding hydrogens is 312 g/mol. The molecule has 1 unspecified atom stereocenters. The van der Waals surface area contributed by atoms with Crippen molar-refractivity contribution in [1.82, 2.24) is 10.6 Å². The largest absolute Gasteiger partial charge is 0.481 e. The number of amides is 2. The highest BCUT2D eigenvalue weighted by Gasteiger charge is 2.30. The van der Waals surface area contributed by atoms with Crippen LogP contribution in [0.1, 0.15) is 49.7 Å². The van der Waals surface area contributed by atoms with Gasteiger partial charge in [-0.3, -0.25) is 4.79 Å². The van der Waals surface area contributed by atoms with Gasteiger partial charge in [-0.25, -0.2) is 4.79 Å². The number of rotatable bonds is 5. The van der Waals surface area contributed by atoms with Crippen molar-refractivity contribution < 1.29 is 24.2 Å². The van der Waals surface area contributed by atoms with Crippen LogP contribution in [0.5, 0.6) is 0 Å². The Morgan fingerprint density at radius 1 is 1.29 bits per heavy atom. The Kier molecular flexibility index (Phi) is 5.54. The molecule has 7 nitrogen and oxygen atoms in total. The Morgan fingerprint density at radius 3 is 2.42 bits per heavy atom. The molecule has 1 heterocycles. The van der Waals surface area contributed by atoms with Gasteiger partial charge >= 0.3 is 12.0 Å². The standard InChI is InChI=1S/C17H26N2O5/c1-10-8-14(11(2)24-10)17(3,23)9-18-16(22)19-13-6-4-12(5-7-13)15(20)21/h8,12-13,23H,4-7,9H2,1-3H3,(H,20,21)(H2,18,19,22). The fourth-order valence-corrected chi connectivity index (χ4v) is 3.23. The van der Waals surface area contributed by atoms with Crippen LogP contribution >= 0.6 is 0 Å². The number of furan rings is 1. The Labute approximate surface area is 141 Å². The van der Waals surface area contributed by atoms with Crippen molar-refractivity contribution in [3.05, 3.63) is 23.2 Å². The third-order valence-corrected chi connectivity index (χ3v) is 4.63. The molecule has 0 aromatic carbocycles. The maximum Gasteiger partial charge on any atom is 0.315 e. The summed E-state index contributed by atoms with van der Waals surface area (Å²) in [7, 11) is 0. The number of aliphatic hydroxyl groups is 1. The van der Waals surface area contributed by atoms with Gasteiger partial charge in [0.2, 0.25) is 0 Å². The van der Waals surface area contributed by atoms with E-state index in [0.29, 0.717) is 42.8 Å². The molecule has 134 valence electrons. The van der Waals surface area contributed by atoms with Gasteiger partial charge in [0.05, 0.1) is 12.5 Å². The van der Waals surface area contributed by atoms with Crippen LogP contribution in [0, 0.1) is 19.8 Å². The zero-order chi connectivity index (χ0) is 17.9. The first-order valence-electron chi connectivity index (χ1n) is 8.26. The predicted octanol–water partition coefficient (Wildman–Crippen LogP) is 2.05. The van der Waals surface area contributed by atoms with Crippen LogP contribution in [-0.4, -0.2) is 34.8 Å². The number of hydrogen-bond donors (Lipinski definition) is 4. The highest BCUT2D eigenvalue weighted by Crippen LogP contribution is 2.27. The number of nitrogens with one attached hydrogen (secondary N) is 2. The normalized spacial score (nSPS) is 23.3. The van der Waals surface area contributed by atoms with E-state index in [-0.39, 0.29) is 24.5 Å². The van der Waals surface area contributed by atoms with Crippen LogP contribution < -0.4 is 10.6 Å². The Morgan fingerprint density at radius 2 is 1.92 bits per heavy atom. The minimum atomic E-state index is -1.22. The number of hydrogen-bond acceptors (Lipinski definition) is 4. The monoisotopic (exact) mass is 338 g/mol. The van der Waals surface area contributed by atoms with Crippen molar-refractivity contribution in [1.29, 1.82) is 0 Å². The number of carboxylic acid groups (broad SMARTS) is 1. The summed E-state index contributed by atoms with van der Waals surface area (Å²) < 4.78 is 5.42. The van der Waals surface area contributed by atoms with Crippen LogP contribution in [0.15, 0.2) is 10.5 Å². The molecule has 24 heavy (non-hydrogen) atoms. The molecule has 0 radical (unpaired) electrons. The van der Waals surface area contributed by atoms with Crippen LogP contribution in [-0.2, 0) is 10.4 Å². The van der Waals surface area contributed by atoms with Crippen molar-refractivity contribution in [2.45, 2.75) is 58.1 Å². The molecule has 7 heteroatoms.